The van der Waals surface area contributed by atoms with Crippen molar-refractivity contribution in [1.29, 1.82) is 0 Å². The number of rotatable bonds is 10. The van der Waals surface area contributed by atoms with Gasteiger partial charge >= 0.3 is 0 Å². The summed E-state index contributed by atoms with van der Waals surface area (Å²) in [5, 5.41) is 9.66. The largest absolute Gasteiger partial charge is 0.168 e. The van der Waals surface area contributed by atoms with Gasteiger partial charge in [0.15, 0.2) is 23.8 Å². The average molecular weight is 373 g/mol. The van der Waals surface area contributed by atoms with Crippen LogP contribution in [0.5, 0.6) is 0 Å². The lowest BCUT2D eigenvalue weighted by Crippen LogP contribution is -2.39. The van der Waals surface area contributed by atoms with Crippen LogP contribution >= 0.6 is 0 Å². The summed E-state index contributed by atoms with van der Waals surface area (Å²) in [5.74, 6) is 0. The van der Waals surface area contributed by atoms with Crippen molar-refractivity contribution in [3.8, 4) is 0 Å². The third-order valence-corrected chi connectivity index (χ3v) is 6.27. The first-order chi connectivity index (χ1) is 13.2. The second kappa shape index (κ2) is 8.11. The molecule has 2 aliphatic heterocycles. The predicted molar refractivity (Wildman–Crippen MR) is 103 cm³/mol. The first kappa shape index (κ1) is 18.6. The molecule has 0 N–H and O–H groups in total. The number of aromatic nitrogens is 6. The third kappa shape index (κ3) is 4.09. The normalized spacial score (nSPS) is 17.0. The Labute approximate surface area is 163 Å². The molecule has 6 heteroatoms. The van der Waals surface area contributed by atoms with Crippen LogP contribution < -0.4 is 9.36 Å². The molecule has 0 amide bonds. The summed E-state index contributed by atoms with van der Waals surface area (Å²) in [6.07, 6.45) is 17.2. The molecule has 0 atom stereocenters. The predicted octanol–water partition coefficient (Wildman–Crippen LogP) is 2.61. The van der Waals surface area contributed by atoms with Gasteiger partial charge in [0, 0.05) is 12.8 Å². The minimum absolute atomic E-state index is 0.313. The van der Waals surface area contributed by atoms with Gasteiger partial charge in [0.05, 0.1) is 15.8 Å². The molecule has 27 heavy (non-hydrogen) atoms. The molecule has 4 heterocycles. The zero-order chi connectivity index (χ0) is 18.7. The summed E-state index contributed by atoms with van der Waals surface area (Å²) >= 11 is 0. The molecular formula is C21H36N6+2. The van der Waals surface area contributed by atoms with E-state index in [0.29, 0.717) is 5.41 Å². The Balaban J connectivity index is 1.30. The molecule has 0 fully saturated rings. The minimum Gasteiger partial charge on any atom is -0.137 e. The van der Waals surface area contributed by atoms with Crippen molar-refractivity contribution in [1.82, 2.24) is 19.8 Å². The molecule has 148 valence electrons. The fourth-order valence-electron chi connectivity index (χ4n) is 4.82. The number of hydrogen-bond donors (Lipinski definition) is 0. The fourth-order valence-corrected chi connectivity index (χ4v) is 4.82. The highest BCUT2D eigenvalue weighted by Crippen LogP contribution is 2.40. The monoisotopic (exact) mass is 372 g/mol. The van der Waals surface area contributed by atoms with Gasteiger partial charge in [-0.15, -0.1) is 18.7 Å². The molecular weight excluding hydrogens is 336 g/mol. The van der Waals surface area contributed by atoms with E-state index in [0.717, 1.165) is 39.0 Å². The Morgan fingerprint density at radius 2 is 1.26 bits per heavy atom. The van der Waals surface area contributed by atoms with E-state index < -0.39 is 0 Å². The second-order valence-corrected chi connectivity index (χ2v) is 8.84. The molecule has 0 bridgehead atoms. The van der Waals surface area contributed by atoms with E-state index in [9.17, 15) is 0 Å². The van der Waals surface area contributed by atoms with Gasteiger partial charge in [0.2, 0.25) is 0 Å². The maximum Gasteiger partial charge on any atom is 0.168 e. The van der Waals surface area contributed by atoms with Crippen molar-refractivity contribution >= 4 is 0 Å². The van der Waals surface area contributed by atoms with Gasteiger partial charge in [-0.25, -0.2) is 0 Å². The van der Waals surface area contributed by atoms with Crippen LogP contribution in [-0.2, 0) is 39.0 Å². The van der Waals surface area contributed by atoms with Crippen LogP contribution in [-0.4, -0.2) is 19.8 Å². The van der Waals surface area contributed by atoms with Crippen molar-refractivity contribution < 1.29 is 9.36 Å². The molecule has 0 saturated carbocycles. The maximum atomic E-state index is 4.83. The van der Waals surface area contributed by atoms with E-state index in [1.165, 1.54) is 62.8 Å². The van der Waals surface area contributed by atoms with Gasteiger partial charge in [-0.2, -0.15) is 0 Å². The van der Waals surface area contributed by atoms with Crippen LogP contribution in [0.25, 0.3) is 0 Å². The smallest absolute Gasteiger partial charge is 0.137 e. The van der Waals surface area contributed by atoms with Crippen LogP contribution in [0.1, 0.15) is 76.6 Å². The highest BCUT2D eigenvalue weighted by molar-refractivity contribution is 5.13. The lowest BCUT2D eigenvalue weighted by Gasteiger charge is -2.14. The highest BCUT2D eigenvalue weighted by Gasteiger charge is 2.51. The SMILES string of the molecule is CCCCCC[n+]1cc2n(n1)CC1(C2)Cc2c[n+](CCCCCC)nn2C1. The van der Waals surface area contributed by atoms with Gasteiger partial charge in [0.25, 0.3) is 0 Å². The average Bonchev–Trinajstić information content (AvgIpc) is 3.34. The molecule has 2 aromatic rings. The van der Waals surface area contributed by atoms with Gasteiger partial charge in [-0.05, 0) is 25.7 Å². The van der Waals surface area contributed by atoms with E-state index in [-0.39, 0.29) is 0 Å². The molecule has 1 spiro atoms. The molecule has 6 nitrogen and oxygen atoms in total. The summed E-state index contributed by atoms with van der Waals surface area (Å²) in [6, 6.07) is 0. The first-order valence-corrected chi connectivity index (χ1v) is 11.1. The van der Waals surface area contributed by atoms with Gasteiger partial charge < -0.3 is 0 Å². The molecule has 0 aromatic carbocycles. The zero-order valence-corrected chi connectivity index (χ0v) is 17.2. The van der Waals surface area contributed by atoms with Gasteiger partial charge in [0.1, 0.15) is 26.2 Å². The van der Waals surface area contributed by atoms with E-state index in [2.05, 4.69) is 45.0 Å². The third-order valence-electron chi connectivity index (χ3n) is 6.27. The zero-order valence-electron chi connectivity index (χ0n) is 17.2. The van der Waals surface area contributed by atoms with Crippen LogP contribution in [0.3, 0.4) is 0 Å². The van der Waals surface area contributed by atoms with E-state index >= 15 is 0 Å². The Kier molecular flexibility index (Phi) is 5.60. The van der Waals surface area contributed by atoms with Crippen molar-refractivity contribution in [2.45, 2.75) is 104 Å². The van der Waals surface area contributed by atoms with Crippen LogP contribution in [0.2, 0.25) is 0 Å². The van der Waals surface area contributed by atoms with Crippen molar-refractivity contribution in [3.63, 3.8) is 0 Å². The van der Waals surface area contributed by atoms with Crippen molar-refractivity contribution in [2.75, 3.05) is 0 Å². The van der Waals surface area contributed by atoms with E-state index in [1.54, 1.807) is 0 Å². The molecule has 2 aromatic heterocycles. The van der Waals surface area contributed by atoms with E-state index in [4.69, 9.17) is 10.4 Å². The first-order valence-electron chi connectivity index (χ1n) is 11.1. The van der Waals surface area contributed by atoms with Crippen LogP contribution in [0.4, 0.5) is 0 Å². The molecule has 2 aliphatic rings. The fraction of sp³-hybridized carbons (Fsp3) is 0.810. The Bertz CT molecular complexity index is 644. The van der Waals surface area contributed by atoms with Gasteiger partial charge in [-0.3, -0.25) is 0 Å². The summed E-state index contributed by atoms with van der Waals surface area (Å²) in [7, 11) is 0. The topological polar surface area (TPSA) is 43.4 Å². The van der Waals surface area contributed by atoms with Gasteiger partial charge in [-0.1, -0.05) is 39.5 Å². The van der Waals surface area contributed by atoms with Crippen molar-refractivity contribution in [2.24, 2.45) is 5.41 Å². The quantitative estimate of drug-likeness (QED) is 0.475. The molecule has 0 aliphatic carbocycles. The van der Waals surface area contributed by atoms with Crippen molar-refractivity contribution in [3.05, 3.63) is 23.8 Å². The number of hydrogen-bond acceptors (Lipinski definition) is 2. The standard InChI is InChI=1S/C21H36N6/c1-3-5-7-9-11-24-15-19-13-21(17-26(19)22-24)14-20-16-25(23-27(20)18-21)12-10-8-6-4-2/h15-16H,3-14,17-18H2,1-2H3/q+2. The summed E-state index contributed by atoms with van der Waals surface area (Å²) < 4.78 is 8.83. The molecule has 4 rings (SSSR count). The number of nitrogens with zero attached hydrogens (tertiary/aromatic N) is 6. The highest BCUT2D eigenvalue weighted by atomic mass is 15.5. The summed E-state index contributed by atoms with van der Waals surface area (Å²) in [6.45, 7) is 8.74. The Morgan fingerprint density at radius 3 is 1.67 bits per heavy atom. The lowest BCUT2D eigenvalue weighted by atomic mass is 9.84. The lowest BCUT2D eigenvalue weighted by molar-refractivity contribution is -0.756. The molecule has 0 radical (unpaired) electrons. The summed E-state index contributed by atoms with van der Waals surface area (Å²) in [4.78, 5) is 0. The van der Waals surface area contributed by atoms with E-state index in [1.807, 2.05) is 0 Å². The minimum atomic E-state index is 0.313. The number of aryl methyl sites for hydroxylation is 2. The number of unbranched alkanes of at least 4 members (excludes halogenated alkanes) is 6. The Hall–Kier alpha value is -1.72. The maximum absolute atomic E-state index is 4.83. The van der Waals surface area contributed by atoms with Crippen LogP contribution in [0, 0.1) is 5.41 Å². The Morgan fingerprint density at radius 1 is 0.778 bits per heavy atom. The molecule has 0 unspecified atom stereocenters. The molecule has 0 saturated heterocycles. The summed E-state index contributed by atoms with van der Waals surface area (Å²) in [5.41, 5.74) is 3.13. The van der Waals surface area contributed by atoms with Crippen LogP contribution in [0.15, 0.2) is 12.4 Å². The second-order valence-electron chi connectivity index (χ2n) is 8.84. The number of fused-ring (bicyclic) bond motifs is 2.